The largest absolute Gasteiger partial charge is 0.372 e. The molecule has 5 rings (SSSR count). The van der Waals surface area contributed by atoms with E-state index in [1.54, 1.807) is 22.7 Å². The van der Waals surface area contributed by atoms with Crippen molar-refractivity contribution in [2.45, 2.75) is 31.7 Å². The molecule has 27 heavy (non-hydrogen) atoms. The van der Waals surface area contributed by atoms with Gasteiger partial charge in [-0.05, 0) is 49.1 Å². The van der Waals surface area contributed by atoms with Gasteiger partial charge in [-0.15, -0.1) is 22.7 Å². The zero-order valence-corrected chi connectivity index (χ0v) is 16.6. The summed E-state index contributed by atoms with van der Waals surface area (Å²) in [6, 6.07) is 16.6. The number of ketones is 1. The highest BCUT2D eigenvalue weighted by Gasteiger charge is 2.36. The molecular weight excluding hydrogens is 372 g/mol. The Hall–Kier alpha value is -2.37. The molecule has 0 amide bonds. The van der Waals surface area contributed by atoms with Crippen LogP contribution >= 0.6 is 22.7 Å². The molecule has 0 radical (unpaired) electrons. The average molecular weight is 393 g/mol. The van der Waals surface area contributed by atoms with Gasteiger partial charge in [-0.2, -0.15) is 0 Å². The Bertz CT molecular complexity index is 1030. The quantitative estimate of drug-likeness (QED) is 0.554. The van der Waals surface area contributed by atoms with Crippen LogP contribution < -0.4 is 10.6 Å². The molecule has 0 saturated heterocycles. The molecule has 0 spiro atoms. The normalized spacial score (nSPS) is 21.7. The summed E-state index contributed by atoms with van der Waals surface area (Å²) in [6.07, 6.45) is 1.46. The second-order valence-corrected chi connectivity index (χ2v) is 9.43. The predicted molar refractivity (Wildman–Crippen MR) is 114 cm³/mol. The lowest BCUT2D eigenvalue weighted by Gasteiger charge is -2.28. The first-order valence-electron chi connectivity index (χ1n) is 9.17. The van der Waals surface area contributed by atoms with Gasteiger partial charge in [0.1, 0.15) is 0 Å². The van der Waals surface area contributed by atoms with E-state index in [1.165, 1.54) is 14.6 Å². The number of benzene rings is 1. The number of thiophene rings is 2. The lowest BCUT2D eigenvalue weighted by molar-refractivity contribution is -0.116. The second kappa shape index (κ2) is 6.66. The maximum Gasteiger partial charge on any atom is 0.163 e. The summed E-state index contributed by atoms with van der Waals surface area (Å²) in [5.41, 5.74) is 4.06. The lowest BCUT2D eigenvalue weighted by Crippen LogP contribution is -2.26. The van der Waals surface area contributed by atoms with Crippen molar-refractivity contribution in [2.75, 3.05) is 10.6 Å². The van der Waals surface area contributed by atoms with E-state index < -0.39 is 0 Å². The summed E-state index contributed by atoms with van der Waals surface area (Å²) < 4.78 is 0. The van der Waals surface area contributed by atoms with E-state index in [4.69, 9.17) is 0 Å². The predicted octanol–water partition coefficient (Wildman–Crippen LogP) is 6.10. The van der Waals surface area contributed by atoms with Gasteiger partial charge in [0.15, 0.2) is 5.78 Å². The third-order valence-corrected chi connectivity index (χ3v) is 7.40. The van der Waals surface area contributed by atoms with Crippen LogP contribution in [0.2, 0.25) is 0 Å². The highest BCUT2D eigenvalue weighted by atomic mass is 32.1. The van der Waals surface area contributed by atoms with E-state index >= 15 is 0 Å². The van der Waals surface area contributed by atoms with Gasteiger partial charge in [0, 0.05) is 38.2 Å². The van der Waals surface area contributed by atoms with Crippen molar-refractivity contribution < 1.29 is 4.79 Å². The average Bonchev–Trinajstić information content (AvgIpc) is 3.30. The van der Waals surface area contributed by atoms with Crippen LogP contribution in [0.1, 0.15) is 39.4 Å². The number of fused-ring (bicyclic) bond motifs is 1. The van der Waals surface area contributed by atoms with Crippen LogP contribution in [0.5, 0.6) is 0 Å². The molecule has 136 valence electrons. The standard InChI is InChI=1S/C22H20N2OS2/c1-13-8-9-20(27-13)22-21-17(23-15-5-2-3-6-16(15)24-22)11-14(12-18(21)25)19-7-4-10-26-19/h2-10,14,22-24H,11-12H2,1H3/t14-,22+/m1/s1. The fourth-order valence-corrected chi connectivity index (χ4v) is 5.81. The number of nitrogens with one attached hydrogen (secondary N) is 2. The Morgan fingerprint density at radius 2 is 1.81 bits per heavy atom. The molecule has 0 fully saturated rings. The molecule has 3 heterocycles. The first-order chi connectivity index (χ1) is 13.2. The Labute approximate surface area is 166 Å². The molecule has 2 atom stereocenters. The Morgan fingerprint density at radius 3 is 2.56 bits per heavy atom. The van der Waals surface area contributed by atoms with Gasteiger partial charge in [-0.25, -0.2) is 0 Å². The van der Waals surface area contributed by atoms with Crippen molar-refractivity contribution in [1.29, 1.82) is 0 Å². The van der Waals surface area contributed by atoms with E-state index in [2.05, 4.69) is 59.3 Å². The molecule has 0 unspecified atom stereocenters. The highest BCUT2D eigenvalue weighted by Crippen LogP contribution is 2.45. The first-order valence-corrected chi connectivity index (χ1v) is 10.9. The van der Waals surface area contributed by atoms with Gasteiger partial charge >= 0.3 is 0 Å². The maximum atomic E-state index is 13.3. The molecule has 2 aromatic heterocycles. The Morgan fingerprint density at radius 1 is 0.963 bits per heavy atom. The minimum absolute atomic E-state index is 0.0911. The number of hydrogen-bond donors (Lipinski definition) is 2. The topological polar surface area (TPSA) is 41.1 Å². The van der Waals surface area contributed by atoms with Gasteiger partial charge in [0.2, 0.25) is 0 Å². The van der Waals surface area contributed by atoms with Crippen LogP contribution in [0.4, 0.5) is 11.4 Å². The number of para-hydroxylation sites is 2. The Kier molecular flexibility index (Phi) is 4.14. The smallest absolute Gasteiger partial charge is 0.163 e. The Balaban J connectivity index is 1.62. The van der Waals surface area contributed by atoms with E-state index in [0.29, 0.717) is 6.42 Å². The molecule has 2 N–H and O–H groups in total. The van der Waals surface area contributed by atoms with Gasteiger partial charge in [-0.1, -0.05) is 18.2 Å². The van der Waals surface area contributed by atoms with Gasteiger partial charge < -0.3 is 10.6 Å². The summed E-state index contributed by atoms with van der Waals surface area (Å²) in [7, 11) is 0. The van der Waals surface area contributed by atoms with Crippen LogP contribution in [-0.2, 0) is 4.79 Å². The van der Waals surface area contributed by atoms with Crippen LogP contribution in [0, 0.1) is 6.92 Å². The summed E-state index contributed by atoms with van der Waals surface area (Å²) >= 11 is 3.51. The van der Waals surface area contributed by atoms with Crippen molar-refractivity contribution >= 4 is 39.8 Å². The number of aryl methyl sites for hydroxylation is 1. The molecule has 1 aromatic carbocycles. The van der Waals surface area contributed by atoms with Crippen molar-refractivity contribution in [3.63, 3.8) is 0 Å². The zero-order valence-electron chi connectivity index (χ0n) is 15.0. The number of Topliss-reactive ketones (excluding diaryl/α,β-unsaturated/α-hetero) is 1. The summed E-state index contributed by atoms with van der Waals surface area (Å²) in [5, 5.41) is 9.33. The second-order valence-electron chi connectivity index (χ2n) is 7.13. The number of anilines is 2. The molecule has 5 heteroatoms. The van der Waals surface area contributed by atoms with Crippen LogP contribution in [0.3, 0.4) is 0 Å². The van der Waals surface area contributed by atoms with E-state index in [-0.39, 0.29) is 17.7 Å². The summed E-state index contributed by atoms with van der Waals surface area (Å²) in [4.78, 5) is 17.1. The van der Waals surface area contributed by atoms with E-state index in [1.807, 2.05) is 12.1 Å². The molecule has 3 nitrogen and oxygen atoms in total. The number of hydrogen-bond acceptors (Lipinski definition) is 5. The van der Waals surface area contributed by atoms with Crippen LogP contribution in [0.25, 0.3) is 0 Å². The monoisotopic (exact) mass is 392 g/mol. The van der Waals surface area contributed by atoms with E-state index in [9.17, 15) is 4.79 Å². The fraction of sp³-hybridized carbons (Fsp3) is 0.227. The third-order valence-electron chi connectivity index (χ3n) is 5.30. The van der Waals surface area contributed by atoms with Gasteiger partial charge in [0.05, 0.1) is 17.4 Å². The zero-order chi connectivity index (χ0) is 18.4. The van der Waals surface area contributed by atoms with Crippen molar-refractivity contribution in [1.82, 2.24) is 0 Å². The summed E-state index contributed by atoms with van der Waals surface area (Å²) in [5.74, 6) is 0.512. The molecular formula is C22H20N2OS2. The van der Waals surface area contributed by atoms with Crippen molar-refractivity contribution in [3.8, 4) is 0 Å². The van der Waals surface area contributed by atoms with E-state index in [0.717, 1.165) is 29.1 Å². The number of allylic oxidation sites excluding steroid dienone is 1. The maximum absolute atomic E-state index is 13.3. The molecule has 0 bridgehead atoms. The molecule has 1 aliphatic heterocycles. The fourth-order valence-electron chi connectivity index (χ4n) is 4.04. The van der Waals surface area contributed by atoms with Crippen molar-refractivity contribution in [3.05, 3.63) is 79.8 Å². The van der Waals surface area contributed by atoms with Gasteiger partial charge in [0.25, 0.3) is 0 Å². The molecule has 3 aromatic rings. The summed E-state index contributed by atoms with van der Waals surface area (Å²) in [6.45, 7) is 2.11. The SMILES string of the molecule is Cc1ccc([C@@H]2Nc3ccccc3NC3=C2C(=O)C[C@H](c2cccs2)C3)s1. The highest BCUT2D eigenvalue weighted by molar-refractivity contribution is 7.12. The number of carbonyl (C=O) groups excluding carboxylic acids is 1. The molecule has 1 aliphatic carbocycles. The lowest BCUT2D eigenvalue weighted by atomic mass is 9.82. The van der Waals surface area contributed by atoms with Crippen LogP contribution in [0.15, 0.2) is 65.2 Å². The minimum Gasteiger partial charge on any atom is -0.372 e. The molecule has 2 aliphatic rings. The third kappa shape index (κ3) is 3.01. The van der Waals surface area contributed by atoms with Crippen LogP contribution in [-0.4, -0.2) is 5.78 Å². The molecule has 0 saturated carbocycles. The number of rotatable bonds is 2. The minimum atomic E-state index is -0.0911. The number of carbonyl (C=O) groups is 1. The van der Waals surface area contributed by atoms with Crippen molar-refractivity contribution in [2.24, 2.45) is 0 Å². The first kappa shape index (κ1) is 16.8. The van der Waals surface area contributed by atoms with Gasteiger partial charge in [-0.3, -0.25) is 4.79 Å².